The first kappa shape index (κ1) is 19.1. The Kier molecular flexibility index (Phi) is 6.59. The first-order valence-corrected chi connectivity index (χ1v) is 9.72. The van der Waals surface area contributed by atoms with E-state index in [1.807, 2.05) is 55.5 Å². The van der Waals surface area contributed by atoms with Crippen molar-refractivity contribution < 1.29 is 19.1 Å². The number of amides is 2. The van der Waals surface area contributed by atoms with Crippen molar-refractivity contribution in [3.8, 4) is 11.5 Å². The normalized spacial score (nSPS) is 15.4. The van der Waals surface area contributed by atoms with Crippen LogP contribution in [0.4, 0.5) is 5.69 Å². The van der Waals surface area contributed by atoms with E-state index in [4.69, 9.17) is 9.47 Å². The van der Waals surface area contributed by atoms with Crippen LogP contribution in [0, 0.1) is 0 Å². The molecule has 1 atom stereocenters. The van der Waals surface area contributed by atoms with E-state index in [2.05, 4.69) is 10.6 Å². The van der Waals surface area contributed by atoms with Crippen molar-refractivity contribution >= 4 is 29.3 Å². The molecular formula is C20H22N2O4S. The number of nitrogens with one attached hydrogen (secondary N) is 2. The number of hydrogen-bond acceptors (Lipinski definition) is 5. The van der Waals surface area contributed by atoms with E-state index in [1.54, 1.807) is 0 Å². The Balaban J connectivity index is 1.39. The number of ether oxygens (including phenoxy) is 2. The van der Waals surface area contributed by atoms with Crippen molar-refractivity contribution in [3.05, 3.63) is 48.5 Å². The molecule has 7 heteroatoms. The zero-order valence-electron chi connectivity index (χ0n) is 15.1. The maximum Gasteiger partial charge on any atom is 0.238 e. The molecule has 2 aromatic rings. The number of carbonyl (C=O) groups excluding carboxylic acids is 2. The second kappa shape index (κ2) is 9.32. The van der Waals surface area contributed by atoms with Crippen LogP contribution in [0.5, 0.6) is 11.5 Å². The molecule has 0 bridgehead atoms. The van der Waals surface area contributed by atoms with E-state index in [-0.39, 0.29) is 18.2 Å². The highest BCUT2D eigenvalue weighted by Crippen LogP contribution is 2.36. The average molecular weight is 386 g/mol. The van der Waals surface area contributed by atoms with Gasteiger partial charge < -0.3 is 20.1 Å². The molecule has 6 nitrogen and oxygen atoms in total. The quantitative estimate of drug-likeness (QED) is 0.682. The molecule has 1 aliphatic rings. The lowest BCUT2D eigenvalue weighted by atomic mass is 10.2. The van der Waals surface area contributed by atoms with Crippen molar-refractivity contribution in [3.63, 3.8) is 0 Å². The standard InChI is InChI=1S/C20H22N2O4S/c1-2-25-14-7-9-15(10-8-14)26-12-11-21-19(23)13-18-20(24)22-16-5-3-4-6-17(16)27-18/h3-10,18H,2,11-13H2,1H3,(H,21,23)(H,22,24)/t18-/m1/s1. The molecule has 0 saturated heterocycles. The molecule has 0 fully saturated rings. The molecular weight excluding hydrogens is 364 g/mol. The Morgan fingerprint density at radius 2 is 1.81 bits per heavy atom. The van der Waals surface area contributed by atoms with Gasteiger partial charge in [0.25, 0.3) is 0 Å². The third kappa shape index (κ3) is 5.40. The molecule has 0 aliphatic carbocycles. The summed E-state index contributed by atoms with van der Waals surface area (Å²) in [5.41, 5.74) is 0.799. The Morgan fingerprint density at radius 1 is 1.11 bits per heavy atom. The van der Waals surface area contributed by atoms with Crippen molar-refractivity contribution in [2.75, 3.05) is 25.1 Å². The predicted molar refractivity (Wildman–Crippen MR) is 105 cm³/mol. The van der Waals surface area contributed by atoms with E-state index in [0.717, 1.165) is 16.3 Å². The van der Waals surface area contributed by atoms with Crippen LogP contribution in [0.3, 0.4) is 0 Å². The molecule has 2 N–H and O–H groups in total. The average Bonchev–Trinajstić information content (AvgIpc) is 2.67. The smallest absolute Gasteiger partial charge is 0.238 e. The summed E-state index contributed by atoms with van der Waals surface area (Å²) in [6, 6.07) is 14.9. The molecule has 0 saturated carbocycles. The molecule has 0 unspecified atom stereocenters. The summed E-state index contributed by atoms with van der Waals surface area (Å²) >= 11 is 1.42. The first-order chi connectivity index (χ1) is 13.2. The van der Waals surface area contributed by atoms with Gasteiger partial charge in [-0.3, -0.25) is 9.59 Å². The molecule has 27 heavy (non-hydrogen) atoms. The van der Waals surface area contributed by atoms with Crippen LogP contribution in [0.15, 0.2) is 53.4 Å². The highest BCUT2D eigenvalue weighted by molar-refractivity contribution is 8.01. The zero-order valence-corrected chi connectivity index (χ0v) is 15.9. The molecule has 0 spiro atoms. The van der Waals surface area contributed by atoms with Gasteiger partial charge >= 0.3 is 0 Å². The maximum atomic E-state index is 12.1. The summed E-state index contributed by atoms with van der Waals surface area (Å²) in [4.78, 5) is 25.2. The fraction of sp³-hybridized carbons (Fsp3) is 0.300. The van der Waals surface area contributed by atoms with E-state index in [9.17, 15) is 9.59 Å². The summed E-state index contributed by atoms with van der Waals surface area (Å²) in [5, 5.41) is 5.21. The second-order valence-corrected chi connectivity index (χ2v) is 7.14. The fourth-order valence-corrected chi connectivity index (χ4v) is 3.74. The number of anilines is 1. The SMILES string of the molecule is CCOc1ccc(OCCNC(=O)C[C@H]2Sc3ccccc3NC2=O)cc1. The summed E-state index contributed by atoms with van der Waals surface area (Å²) in [7, 11) is 0. The van der Waals surface area contributed by atoms with Gasteiger partial charge in [0.1, 0.15) is 18.1 Å². The third-order valence-corrected chi connectivity index (χ3v) is 5.18. The van der Waals surface area contributed by atoms with E-state index in [1.165, 1.54) is 11.8 Å². The Hall–Kier alpha value is -2.67. The van der Waals surface area contributed by atoms with Gasteiger partial charge in [0, 0.05) is 11.3 Å². The largest absolute Gasteiger partial charge is 0.494 e. The van der Waals surface area contributed by atoms with Gasteiger partial charge in [0.2, 0.25) is 11.8 Å². The fourth-order valence-electron chi connectivity index (χ4n) is 2.63. The molecule has 2 aromatic carbocycles. The summed E-state index contributed by atoms with van der Waals surface area (Å²) < 4.78 is 11.0. The second-order valence-electron chi connectivity index (χ2n) is 5.90. The van der Waals surface area contributed by atoms with Gasteiger partial charge in [-0.2, -0.15) is 0 Å². The lowest BCUT2D eigenvalue weighted by Crippen LogP contribution is -2.36. The van der Waals surface area contributed by atoms with Crippen LogP contribution in [0.1, 0.15) is 13.3 Å². The lowest BCUT2D eigenvalue weighted by molar-refractivity contribution is -0.124. The number of benzene rings is 2. The number of rotatable bonds is 8. The maximum absolute atomic E-state index is 12.1. The number of fused-ring (bicyclic) bond motifs is 1. The van der Waals surface area contributed by atoms with Crippen LogP contribution in [0.25, 0.3) is 0 Å². The first-order valence-electron chi connectivity index (χ1n) is 8.84. The van der Waals surface area contributed by atoms with Gasteiger partial charge in [-0.1, -0.05) is 12.1 Å². The van der Waals surface area contributed by atoms with Crippen LogP contribution in [-0.4, -0.2) is 36.8 Å². The molecule has 2 amide bonds. The van der Waals surface area contributed by atoms with Gasteiger partial charge in [-0.15, -0.1) is 11.8 Å². The number of hydrogen-bond donors (Lipinski definition) is 2. The van der Waals surface area contributed by atoms with Gasteiger partial charge in [0.15, 0.2) is 0 Å². The predicted octanol–water partition coefficient (Wildman–Crippen LogP) is 3.08. The van der Waals surface area contributed by atoms with Crippen LogP contribution < -0.4 is 20.1 Å². The summed E-state index contributed by atoms with van der Waals surface area (Å²) in [6.07, 6.45) is 0.133. The van der Waals surface area contributed by atoms with Crippen molar-refractivity contribution in [1.82, 2.24) is 5.32 Å². The van der Waals surface area contributed by atoms with Crippen LogP contribution >= 0.6 is 11.8 Å². The molecule has 0 radical (unpaired) electrons. The van der Waals surface area contributed by atoms with Crippen molar-refractivity contribution in [2.24, 2.45) is 0 Å². The Morgan fingerprint density at radius 3 is 2.56 bits per heavy atom. The molecule has 0 aromatic heterocycles. The molecule has 1 heterocycles. The third-order valence-electron chi connectivity index (χ3n) is 3.91. The minimum absolute atomic E-state index is 0.133. The molecule has 142 valence electrons. The van der Waals surface area contributed by atoms with Crippen LogP contribution in [-0.2, 0) is 9.59 Å². The van der Waals surface area contributed by atoms with Crippen LogP contribution in [0.2, 0.25) is 0 Å². The minimum atomic E-state index is -0.424. The van der Waals surface area contributed by atoms with E-state index in [0.29, 0.717) is 25.5 Å². The number of para-hydroxylation sites is 1. The van der Waals surface area contributed by atoms with Crippen molar-refractivity contribution in [2.45, 2.75) is 23.5 Å². The van der Waals surface area contributed by atoms with Gasteiger partial charge in [0.05, 0.1) is 24.1 Å². The summed E-state index contributed by atoms with van der Waals surface area (Å²) in [6.45, 7) is 3.28. The van der Waals surface area contributed by atoms with Gasteiger partial charge in [-0.25, -0.2) is 0 Å². The Bertz CT molecular complexity index is 795. The number of thioether (sulfide) groups is 1. The van der Waals surface area contributed by atoms with Crippen molar-refractivity contribution in [1.29, 1.82) is 0 Å². The summed E-state index contributed by atoms with van der Waals surface area (Å²) in [5.74, 6) is 1.20. The van der Waals surface area contributed by atoms with Gasteiger partial charge in [-0.05, 0) is 43.3 Å². The molecule has 3 rings (SSSR count). The zero-order chi connectivity index (χ0) is 19.1. The lowest BCUT2D eigenvalue weighted by Gasteiger charge is -2.23. The minimum Gasteiger partial charge on any atom is -0.494 e. The topological polar surface area (TPSA) is 76.7 Å². The number of carbonyl (C=O) groups is 2. The Labute approximate surface area is 162 Å². The molecule has 1 aliphatic heterocycles. The highest BCUT2D eigenvalue weighted by atomic mass is 32.2. The highest BCUT2D eigenvalue weighted by Gasteiger charge is 2.28. The monoisotopic (exact) mass is 386 g/mol. The van der Waals surface area contributed by atoms with E-state index < -0.39 is 5.25 Å². The van der Waals surface area contributed by atoms with E-state index >= 15 is 0 Å².